The molecule has 0 atom stereocenters. The molecule has 0 saturated carbocycles. The van der Waals surface area contributed by atoms with Gasteiger partial charge in [0.05, 0.1) is 14.2 Å². The van der Waals surface area contributed by atoms with E-state index in [1.54, 1.807) is 48.7 Å². The fourth-order valence-electron chi connectivity index (χ4n) is 2.23. The third kappa shape index (κ3) is 5.12. The first-order valence-electron chi connectivity index (χ1n) is 7.82. The summed E-state index contributed by atoms with van der Waals surface area (Å²) in [5, 5.41) is 14.8. The van der Waals surface area contributed by atoms with Crippen LogP contribution in [0.1, 0.15) is 10.4 Å². The van der Waals surface area contributed by atoms with Gasteiger partial charge >= 0.3 is 0 Å². The molecule has 0 unspecified atom stereocenters. The molecule has 2 aromatic heterocycles. The summed E-state index contributed by atoms with van der Waals surface area (Å²) in [5.41, 5.74) is 1.12. The number of benzene rings is 1. The van der Waals surface area contributed by atoms with Crippen molar-refractivity contribution in [3.05, 3.63) is 44.6 Å². The van der Waals surface area contributed by atoms with E-state index in [0.717, 1.165) is 44.0 Å². The van der Waals surface area contributed by atoms with Crippen molar-refractivity contribution in [1.82, 2.24) is 10.2 Å². The van der Waals surface area contributed by atoms with Crippen LogP contribution in [0.25, 0.3) is 0 Å². The van der Waals surface area contributed by atoms with E-state index in [4.69, 9.17) is 9.47 Å². The Labute approximate surface area is 173 Å². The minimum Gasteiger partial charge on any atom is -0.493 e. The normalized spacial score (nSPS) is 10.7. The van der Waals surface area contributed by atoms with Crippen molar-refractivity contribution >= 4 is 55.5 Å². The lowest BCUT2D eigenvalue weighted by atomic mass is 10.2. The Balaban J connectivity index is 1.54. The summed E-state index contributed by atoms with van der Waals surface area (Å²) in [5.74, 6) is 2.20. The molecule has 0 aliphatic rings. The molecule has 1 aromatic carbocycles. The largest absolute Gasteiger partial charge is 0.493 e. The minimum absolute atomic E-state index is 0.710. The molecule has 26 heavy (non-hydrogen) atoms. The van der Waals surface area contributed by atoms with Crippen LogP contribution in [0.5, 0.6) is 11.5 Å². The number of nitrogens with zero attached hydrogens (tertiary/aromatic N) is 2. The van der Waals surface area contributed by atoms with Crippen LogP contribution in [-0.4, -0.2) is 31.0 Å². The molecule has 0 aliphatic heterocycles. The van der Waals surface area contributed by atoms with Gasteiger partial charge in [0.15, 0.2) is 15.8 Å². The zero-order valence-electron chi connectivity index (χ0n) is 14.3. The number of methoxy groups -OCH3 is 2. The molecule has 5 nitrogen and oxygen atoms in total. The Morgan fingerprint density at radius 3 is 2.73 bits per heavy atom. The van der Waals surface area contributed by atoms with Crippen molar-refractivity contribution in [3.8, 4) is 11.5 Å². The van der Waals surface area contributed by atoms with Gasteiger partial charge in [0.2, 0.25) is 5.13 Å². The van der Waals surface area contributed by atoms with Crippen molar-refractivity contribution in [2.24, 2.45) is 0 Å². The van der Waals surface area contributed by atoms with Gasteiger partial charge in [-0.15, -0.1) is 21.5 Å². The third-order valence-corrected chi connectivity index (χ3v) is 7.28. The molecule has 0 aliphatic carbocycles. The maximum absolute atomic E-state index is 5.37. The van der Waals surface area contributed by atoms with Gasteiger partial charge in [-0.1, -0.05) is 45.1 Å². The molecule has 0 radical (unpaired) electrons. The van der Waals surface area contributed by atoms with Crippen molar-refractivity contribution < 1.29 is 9.47 Å². The standard InChI is InChI=1S/C17H18BrN3O2S3/c1-22-14-8-11(13(18)9-15(14)23-2)10-25-17-21-20-16(26-17)19-6-5-12-4-3-7-24-12/h3-4,7-9H,5-6,10H2,1-2H3,(H,19,20). The number of halogens is 1. The van der Waals surface area contributed by atoms with Crippen LogP contribution < -0.4 is 14.8 Å². The number of rotatable bonds is 9. The predicted octanol–water partition coefficient (Wildman–Crippen LogP) is 5.33. The molecule has 0 amide bonds. The Morgan fingerprint density at radius 1 is 1.19 bits per heavy atom. The number of hydrogen-bond donors (Lipinski definition) is 1. The number of thiophene rings is 1. The van der Waals surface area contributed by atoms with Gasteiger partial charge in [-0.25, -0.2) is 0 Å². The van der Waals surface area contributed by atoms with Gasteiger partial charge in [-0.2, -0.15) is 0 Å². The van der Waals surface area contributed by atoms with E-state index in [0.29, 0.717) is 5.75 Å². The van der Waals surface area contributed by atoms with Crippen molar-refractivity contribution in [3.63, 3.8) is 0 Å². The zero-order chi connectivity index (χ0) is 18.4. The zero-order valence-corrected chi connectivity index (χ0v) is 18.4. The van der Waals surface area contributed by atoms with E-state index in [2.05, 4.69) is 49.0 Å². The molecule has 138 valence electrons. The molecular weight excluding hydrogens is 454 g/mol. The van der Waals surface area contributed by atoms with Crippen molar-refractivity contribution in [2.45, 2.75) is 16.5 Å². The first-order chi connectivity index (χ1) is 12.7. The number of aromatic nitrogens is 2. The topological polar surface area (TPSA) is 56.3 Å². The Hall–Kier alpha value is -1.29. The van der Waals surface area contributed by atoms with E-state index < -0.39 is 0 Å². The first-order valence-corrected chi connectivity index (χ1v) is 11.3. The van der Waals surface area contributed by atoms with Crippen LogP contribution in [0.2, 0.25) is 0 Å². The highest BCUT2D eigenvalue weighted by atomic mass is 79.9. The highest BCUT2D eigenvalue weighted by molar-refractivity contribution is 9.10. The lowest BCUT2D eigenvalue weighted by molar-refractivity contribution is 0.354. The van der Waals surface area contributed by atoms with Crippen LogP contribution in [0, 0.1) is 0 Å². The Kier molecular flexibility index (Phi) is 7.18. The Bertz CT molecular complexity index is 840. The highest BCUT2D eigenvalue weighted by Gasteiger charge is 2.11. The minimum atomic E-state index is 0.710. The van der Waals surface area contributed by atoms with Gasteiger partial charge in [0.25, 0.3) is 0 Å². The maximum atomic E-state index is 5.37. The molecule has 9 heteroatoms. The monoisotopic (exact) mass is 471 g/mol. The first kappa shape index (κ1) is 19.5. The quantitative estimate of drug-likeness (QED) is 0.425. The van der Waals surface area contributed by atoms with Crippen molar-refractivity contribution in [1.29, 1.82) is 0 Å². The SMILES string of the molecule is COc1cc(Br)c(CSc2nnc(NCCc3cccs3)s2)cc1OC. The number of hydrogen-bond acceptors (Lipinski definition) is 8. The maximum Gasteiger partial charge on any atom is 0.206 e. The number of anilines is 1. The highest BCUT2D eigenvalue weighted by Crippen LogP contribution is 2.37. The van der Waals surface area contributed by atoms with Crippen LogP contribution in [-0.2, 0) is 12.2 Å². The van der Waals surface area contributed by atoms with E-state index in [9.17, 15) is 0 Å². The number of thioether (sulfide) groups is 1. The average molecular weight is 472 g/mol. The summed E-state index contributed by atoms with van der Waals surface area (Å²) < 4.78 is 12.6. The van der Waals surface area contributed by atoms with Crippen LogP contribution >= 0.6 is 50.4 Å². The summed E-state index contributed by atoms with van der Waals surface area (Å²) >= 11 is 8.59. The van der Waals surface area contributed by atoms with E-state index in [1.807, 2.05) is 12.1 Å². The molecule has 0 spiro atoms. The van der Waals surface area contributed by atoms with Crippen LogP contribution in [0.3, 0.4) is 0 Å². The lowest BCUT2D eigenvalue weighted by Crippen LogP contribution is -2.03. The second kappa shape index (κ2) is 9.59. The summed E-state index contributed by atoms with van der Waals surface area (Å²) in [6.45, 7) is 0.862. The molecule has 0 bridgehead atoms. The predicted molar refractivity (Wildman–Crippen MR) is 113 cm³/mol. The van der Waals surface area contributed by atoms with Gasteiger partial charge < -0.3 is 14.8 Å². The molecule has 0 fully saturated rings. The number of ether oxygens (including phenoxy) is 2. The fourth-order valence-corrected chi connectivity index (χ4v) is 5.36. The lowest BCUT2D eigenvalue weighted by Gasteiger charge is -2.11. The summed E-state index contributed by atoms with van der Waals surface area (Å²) in [7, 11) is 3.27. The van der Waals surface area contributed by atoms with E-state index in [1.165, 1.54) is 4.88 Å². The number of nitrogens with one attached hydrogen (secondary N) is 1. The third-order valence-electron chi connectivity index (χ3n) is 3.54. The fraction of sp³-hybridized carbons (Fsp3) is 0.294. The van der Waals surface area contributed by atoms with Gasteiger partial charge in [-0.05, 0) is 35.6 Å². The van der Waals surface area contributed by atoms with Gasteiger partial charge in [0, 0.05) is 21.6 Å². The second-order valence-corrected chi connectivity index (χ2v) is 9.30. The van der Waals surface area contributed by atoms with E-state index in [-0.39, 0.29) is 0 Å². The second-order valence-electron chi connectivity index (χ2n) is 5.22. The molecule has 1 N–H and O–H groups in total. The molecule has 0 saturated heterocycles. The van der Waals surface area contributed by atoms with Crippen LogP contribution in [0.15, 0.2) is 38.5 Å². The molecule has 3 aromatic rings. The van der Waals surface area contributed by atoms with Crippen molar-refractivity contribution in [2.75, 3.05) is 26.1 Å². The molecule has 2 heterocycles. The average Bonchev–Trinajstić information content (AvgIpc) is 3.32. The molecular formula is C17H18BrN3O2S3. The summed E-state index contributed by atoms with van der Waals surface area (Å²) in [6, 6.07) is 8.13. The van der Waals surface area contributed by atoms with Crippen LogP contribution in [0.4, 0.5) is 5.13 Å². The van der Waals surface area contributed by atoms with Gasteiger partial charge in [0.1, 0.15) is 0 Å². The molecule has 3 rings (SSSR count). The smallest absolute Gasteiger partial charge is 0.206 e. The summed E-state index contributed by atoms with van der Waals surface area (Å²) in [6.07, 6.45) is 0.998. The Morgan fingerprint density at radius 2 is 2.00 bits per heavy atom. The van der Waals surface area contributed by atoms with Gasteiger partial charge in [-0.3, -0.25) is 0 Å². The summed E-state index contributed by atoms with van der Waals surface area (Å²) in [4.78, 5) is 1.37. The van der Waals surface area contributed by atoms with E-state index >= 15 is 0 Å².